The molecule has 0 aliphatic heterocycles. The molecule has 0 bridgehead atoms. The maximum atomic E-state index is 9.79. The average molecular weight is 236 g/mol. The van der Waals surface area contributed by atoms with Crippen LogP contribution in [0.5, 0.6) is 0 Å². The minimum atomic E-state index is -1.08. The summed E-state index contributed by atoms with van der Waals surface area (Å²) in [5.41, 5.74) is 0. The van der Waals surface area contributed by atoms with Crippen molar-refractivity contribution in [1.29, 1.82) is 0 Å². The minimum absolute atomic E-state index is 0.0906. The van der Waals surface area contributed by atoms with Gasteiger partial charge in [0.1, 0.15) is 0 Å². The first-order valence-electron chi connectivity index (χ1n) is 4.66. The van der Waals surface area contributed by atoms with Crippen molar-refractivity contribution in [3.63, 3.8) is 0 Å². The van der Waals surface area contributed by atoms with Crippen molar-refractivity contribution < 1.29 is 34.8 Å². The summed E-state index contributed by atoms with van der Waals surface area (Å²) in [5.74, 6) is -2.95. The summed E-state index contributed by atoms with van der Waals surface area (Å²) in [6.45, 7) is 0.0906. The van der Waals surface area contributed by atoms with Crippen LogP contribution in [0.4, 0.5) is 0 Å². The summed E-state index contributed by atoms with van der Waals surface area (Å²) in [4.78, 5) is 29.1. The smallest absolute Gasteiger partial charge is 0.303 e. The fraction of sp³-hybridized carbons (Fsp3) is 0.667. The third-order valence-corrected chi connectivity index (χ3v) is 1.35. The van der Waals surface area contributed by atoms with E-state index in [0.29, 0.717) is 12.8 Å². The zero-order valence-corrected chi connectivity index (χ0v) is 8.76. The topological polar surface area (TPSA) is 132 Å². The van der Waals surface area contributed by atoms with E-state index in [1.54, 1.807) is 0 Å². The maximum absolute atomic E-state index is 9.79. The predicted molar refractivity (Wildman–Crippen MR) is 53.1 cm³/mol. The first-order valence-corrected chi connectivity index (χ1v) is 4.66. The fourth-order valence-electron chi connectivity index (χ4n) is 0.602. The summed E-state index contributed by atoms with van der Waals surface area (Å²) in [5, 5.41) is 32.0. The third-order valence-electron chi connectivity index (χ3n) is 1.35. The van der Waals surface area contributed by atoms with Crippen LogP contribution >= 0.6 is 0 Å². The second-order valence-corrected chi connectivity index (χ2v) is 2.86. The molecule has 0 amide bonds. The van der Waals surface area contributed by atoms with Crippen LogP contribution in [0.2, 0.25) is 0 Å². The number of aliphatic carboxylic acids is 3. The predicted octanol–water partition coefficient (Wildman–Crippen LogP) is 0.169. The van der Waals surface area contributed by atoms with Crippen molar-refractivity contribution in [3.8, 4) is 0 Å². The van der Waals surface area contributed by atoms with Crippen molar-refractivity contribution in [3.05, 3.63) is 0 Å². The van der Waals surface area contributed by atoms with Gasteiger partial charge in [-0.2, -0.15) is 0 Å². The number of unbranched alkanes of at least 4 members (excludes halogenated alkanes) is 1. The molecule has 0 spiro atoms. The molecule has 0 aromatic rings. The summed E-state index contributed by atoms with van der Waals surface area (Å²) in [6.07, 6.45) is 0.739. The Kier molecular flexibility index (Phi) is 12.0. The Morgan fingerprint density at radius 2 is 1.06 bits per heavy atom. The van der Waals surface area contributed by atoms with Gasteiger partial charge in [0.15, 0.2) is 0 Å². The highest BCUT2D eigenvalue weighted by molar-refractivity contribution is 5.75. The van der Waals surface area contributed by atoms with E-state index in [9.17, 15) is 14.4 Å². The SMILES string of the molecule is O=C(O)CCC(=O)O.O=C(O)CCCCO. The highest BCUT2D eigenvalue weighted by Crippen LogP contribution is 1.92. The Bertz CT molecular complexity index is 210. The Balaban J connectivity index is 0. The molecular formula is C9H16O7. The third kappa shape index (κ3) is 22.8. The number of carboxylic acid groups (broad SMARTS) is 3. The number of carboxylic acids is 3. The zero-order chi connectivity index (χ0) is 13.0. The molecule has 0 rings (SSSR count). The van der Waals surface area contributed by atoms with Gasteiger partial charge in [-0.3, -0.25) is 14.4 Å². The van der Waals surface area contributed by atoms with Crippen LogP contribution in [0.25, 0.3) is 0 Å². The molecule has 0 radical (unpaired) electrons. The number of hydrogen-bond donors (Lipinski definition) is 4. The van der Waals surface area contributed by atoms with Gasteiger partial charge < -0.3 is 20.4 Å². The molecule has 0 aliphatic carbocycles. The standard InChI is InChI=1S/C5H10O3.C4H6O4/c6-4-2-1-3-5(7)8;5-3(6)1-2-4(7)8/h6H,1-4H2,(H,7,8);1-2H2,(H,5,6)(H,7,8). The summed E-state index contributed by atoms with van der Waals surface area (Å²) in [7, 11) is 0. The van der Waals surface area contributed by atoms with Crippen LogP contribution in [0.3, 0.4) is 0 Å². The molecule has 0 fully saturated rings. The van der Waals surface area contributed by atoms with Crippen LogP contribution in [0.15, 0.2) is 0 Å². The van der Waals surface area contributed by atoms with E-state index in [-0.39, 0.29) is 25.9 Å². The van der Waals surface area contributed by atoms with Crippen LogP contribution < -0.4 is 0 Å². The van der Waals surface area contributed by atoms with Crippen LogP contribution in [0, 0.1) is 0 Å². The molecule has 4 N–H and O–H groups in total. The quantitative estimate of drug-likeness (QED) is 0.463. The van der Waals surface area contributed by atoms with E-state index >= 15 is 0 Å². The lowest BCUT2D eigenvalue weighted by molar-refractivity contribution is -0.143. The van der Waals surface area contributed by atoms with Crippen molar-refractivity contribution in [1.82, 2.24) is 0 Å². The monoisotopic (exact) mass is 236 g/mol. The molecule has 0 aliphatic rings. The van der Waals surface area contributed by atoms with Gasteiger partial charge in [-0.15, -0.1) is 0 Å². The molecule has 0 saturated heterocycles. The van der Waals surface area contributed by atoms with E-state index in [1.165, 1.54) is 0 Å². The van der Waals surface area contributed by atoms with Crippen molar-refractivity contribution in [2.45, 2.75) is 32.1 Å². The van der Waals surface area contributed by atoms with E-state index < -0.39 is 17.9 Å². The maximum Gasteiger partial charge on any atom is 0.303 e. The van der Waals surface area contributed by atoms with Crippen molar-refractivity contribution >= 4 is 17.9 Å². The van der Waals surface area contributed by atoms with Gasteiger partial charge in [-0.25, -0.2) is 0 Å². The molecule has 0 aromatic heterocycles. The van der Waals surface area contributed by atoms with Gasteiger partial charge in [0.2, 0.25) is 0 Å². The molecule has 0 atom stereocenters. The zero-order valence-electron chi connectivity index (χ0n) is 8.76. The van der Waals surface area contributed by atoms with Gasteiger partial charge in [0.05, 0.1) is 12.8 Å². The molecule has 7 heteroatoms. The number of rotatable bonds is 7. The second kappa shape index (κ2) is 11.4. The molecule has 7 nitrogen and oxygen atoms in total. The van der Waals surface area contributed by atoms with Crippen LogP contribution in [0.1, 0.15) is 32.1 Å². The fourth-order valence-corrected chi connectivity index (χ4v) is 0.602. The van der Waals surface area contributed by atoms with E-state index in [4.69, 9.17) is 20.4 Å². The number of carbonyl (C=O) groups is 3. The molecule has 0 heterocycles. The number of aliphatic hydroxyl groups excluding tert-OH is 1. The second-order valence-electron chi connectivity index (χ2n) is 2.86. The lowest BCUT2D eigenvalue weighted by atomic mass is 10.2. The largest absolute Gasteiger partial charge is 0.481 e. The molecule has 0 unspecified atom stereocenters. The Hall–Kier alpha value is -1.63. The molecule has 0 saturated carbocycles. The first kappa shape index (κ1) is 16.8. The molecule has 16 heavy (non-hydrogen) atoms. The van der Waals surface area contributed by atoms with Gasteiger partial charge >= 0.3 is 17.9 Å². The minimum Gasteiger partial charge on any atom is -0.481 e. The average Bonchev–Trinajstić information content (AvgIpc) is 2.16. The number of aliphatic hydroxyl groups is 1. The Morgan fingerprint density at radius 3 is 1.31 bits per heavy atom. The molecular weight excluding hydrogens is 220 g/mol. The lowest BCUT2D eigenvalue weighted by Gasteiger charge is -1.89. The van der Waals surface area contributed by atoms with Gasteiger partial charge in [-0.1, -0.05) is 0 Å². The Labute approximate surface area is 92.3 Å². The lowest BCUT2D eigenvalue weighted by Crippen LogP contribution is -2.00. The molecule has 0 aromatic carbocycles. The van der Waals surface area contributed by atoms with E-state index in [0.717, 1.165) is 0 Å². The summed E-state index contributed by atoms with van der Waals surface area (Å²) < 4.78 is 0. The van der Waals surface area contributed by atoms with Crippen LogP contribution in [-0.2, 0) is 14.4 Å². The number of hydrogen-bond acceptors (Lipinski definition) is 4. The van der Waals surface area contributed by atoms with E-state index in [2.05, 4.69) is 0 Å². The van der Waals surface area contributed by atoms with Crippen LogP contribution in [-0.4, -0.2) is 44.9 Å². The van der Waals surface area contributed by atoms with Gasteiger partial charge in [-0.05, 0) is 12.8 Å². The highest BCUT2D eigenvalue weighted by Gasteiger charge is 2.00. The van der Waals surface area contributed by atoms with Crippen molar-refractivity contribution in [2.75, 3.05) is 6.61 Å². The molecule has 94 valence electrons. The highest BCUT2D eigenvalue weighted by atomic mass is 16.4. The van der Waals surface area contributed by atoms with Gasteiger partial charge in [0, 0.05) is 13.0 Å². The van der Waals surface area contributed by atoms with Gasteiger partial charge in [0.25, 0.3) is 0 Å². The Morgan fingerprint density at radius 1 is 0.688 bits per heavy atom. The first-order chi connectivity index (χ1) is 7.40. The summed E-state index contributed by atoms with van der Waals surface area (Å²) in [6, 6.07) is 0. The van der Waals surface area contributed by atoms with E-state index in [1.807, 2.05) is 0 Å². The van der Waals surface area contributed by atoms with Crippen molar-refractivity contribution in [2.24, 2.45) is 0 Å². The normalized spacial score (nSPS) is 8.81. The summed E-state index contributed by atoms with van der Waals surface area (Å²) >= 11 is 0.